The van der Waals surface area contributed by atoms with Crippen LogP contribution in [-0.4, -0.2) is 58.3 Å². The van der Waals surface area contributed by atoms with Crippen LogP contribution in [0.5, 0.6) is 0 Å². The highest BCUT2D eigenvalue weighted by Gasteiger charge is 2.28. The fraction of sp³-hybridized carbons (Fsp3) is 0.619. The second-order valence-electron chi connectivity index (χ2n) is 7.89. The van der Waals surface area contributed by atoms with Crippen LogP contribution >= 0.6 is 11.8 Å². The number of carbonyl (C=O) groups is 1. The lowest BCUT2D eigenvalue weighted by Crippen LogP contribution is -2.51. The van der Waals surface area contributed by atoms with Gasteiger partial charge in [0.2, 0.25) is 5.91 Å². The van der Waals surface area contributed by atoms with Crippen LogP contribution in [0.2, 0.25) is 0 Å². The first-order chi connectivity index (χ1) is 13.0. The maximum atomic E-state index is 12.5. The van der Waals surface area contributed by atoms with Gasteiger partial charge in [0.1, 0.15) is 0 Å². The van der Waals surface area contributed by atoms with E-state index >= 15 is 0 Å². The number of fused-ring (bicyclic) bond motifs is 1. The van der Waals surface area contributed by atoms with Crippen molar-refractivity contribution in [3.8, 4) is 0 Å². The van der Waals surface area contributed by atoms with Crippen molar-refractivity contribution in [1.29, 1.82) is 0 Å². The van der Waals surface area contributed by atoms with Gasteiger partial charge in [-0.25, -0.2) is 0 Å². The van der Waals surface area contributed by atoms with Crippen LogP contribution in [0.25, 0.3) is 0 Å². The topological polar surface area (TPSA) is 47.9 Å². The van der Waals surface area contributed by atoms with Crippen LogP contribution in [0, 0.1) is 0 Å². The van der Waals surface area contributed by atoms with Crippen molar-refractivity contribution in [2.45, 2.75) is 51.4 Å². The van der Waals surface area contributed by atoms with E-state index in [9.17, 15) is 4.79 Å². The molecule has 1 N–H and O–H groups in total. The molecule has 148 valence electrons. The molecule has 0 unspecified atom stereocenters. The van der Waals surface area contributed by atoms with Crippen LogP contribution < -0.4 is 5.32 Å². The van der Waals surface area contributed by atoms with E-state index in [2.05, 4.69) is 43.1 Å². The Morgan fingerprint density at radius 2 is 1.93 bits per heavy atom. The van der Waals surface area contributed by atoms with Crippen LogP contribution in [0.15, 0.2) is 29.3 Å². The predicted octanol–water partition coefficient (Wildman–Crippen LogP) is 3.10. The minimum Gasteiger partial charge on any atom is -0.357 e. The van der Waals surface area contributed by atoms with Gasteiger partial charge in [0.25, 0.3) is 0 Å². The fourth-order valence-electron chi connectivity index (χ4n) is 3.71. The number of nitrogens with zero attached hydrogens (tertiary/aromatic N) is 3. The van der Waals surface area contributed by atoms with E-state index in [0.29, 0.717) is 13.0 Å². The monoisotopic (exact) mass is 388 g/mol. The number of amides is 1. The molecule has 0 aromatic heterocycles. The summed E-state index contributed by atoms with van der Waals surface area (Å²) in [5.41, 5.74) is 2.56. The van der Waals surface area contributed by atoms with E-state index in [4.69, 9.17) is 4.99 Å². The highest BCUT2D eigenvalue weighted by Crippen LogP contribution is 2.29. The first kappa shape index (κ1) is 20.1. The van der Waals surface area contributed by atoms with Gasteiger partial charge in [-0.3, -0.25) is 9.79 Å². The summed E-state index contributed by atoms with van der Waals surface area (Å²) < 4.78 is 0.259. The molecule has 6 heteroatoms. The lowest BCUT2D eigenvalue weighted by molar-refractivity contribution is -0.131. The SMILES string of the molecule is CCNC(=NCCCC(=O)N1Cc2ccccc2C1)N1CCSC(C)(C)C1. The number of hydrogen-bond donors (Lipinski definition) is 1. The van der Waals surface area contributed by atoms with Gasteiger partial charge in [-0.1, -0.05) is 24.3 Å². The third-order valence-electron chi connectivity index (χ3n) is 5.06. The second kappa shape index (κ2) is 9.00. The van der Waals surface area contributed by atoms with Gasteiger partial charge in [-0.2, -0.15) is 11.8 Å². The molecule has 2 aliphatic rings. The zero-order valence-electron chi connectivity index (χ0n) is 16.8. The molecule has 0 atom stereocenters. The Balaban J connectivity index is 1.47. The third-order valence-corrected chi connectivity index (χ3v) is 6.36. The zero-order chi connectivity index (χ0) is 19.3. The Kier molecular flexibility index (Phi) is 6.68. The van der Waals surface area contributed by atoms with Gasteiger partial charge in [0, 0.05) is 56.2 Å². The van der Waals surface area contributed by atoms with Gasteiger partial charge in [0.15, 0.2) is 5.96 Å². The van der Waals surface area contributed by atoms with Gasteiger partial charge < -0.3 is 15.1 Å². The second-order valence-corrected chi connectivity index (χ2v) is 9.69. The molecule has 0 spiro atoms. The smallest absolute Gasteiger partial charge is 0.223 e. The summed E-state index contributed by atoms with van der Waals surface area (Å²) in [6.45, 7) is 11.8. The van der Waals surface area contributed by atoms with Crippen LogP contribution in [0.4, 0.5) is 0 Å². The van der Waals surface area contributed by atoms with Crippen LogP contribution in [0.3, 0.4) is 0 Å². The fourth-order valence-corrected chi connectivity index (χ4v) is 4.82. The van der Waals surface area contributed by atoms with Crippen LogP contribution in [0.1, 0.15) is 44.7 Å². The van der Waals surface area contributed by atoms with Crippen molar-refractivity contribution in [3.05, 3.63) is 35.4 Å². The average Bonchev–Trinajstić information content (AvgIpc) is 3.07. The standard InChI is InChI=1S/C21H32N4OS/c1-4-22-20(24-12-13-27-21(2,3)16-24)23-11-7-10-19(26)25-14-17-8-5-6-9-18(17)15-25/h5-6,8-9H,4,7,10-16H2,1-3H3,(H,22,23). The van der Waals surface area contributed by atoms with E-state index in [-0.39, 0.29) is 10.7 Å². The predicted molar refractivity (Wildman–Crippen MR) is 114 cm³/mol. The Bertz CT molecular complexity index is 664. The number of thioether (sulfide) groups is 1. The number of aliphatic imine (C=N–C) groups is 1. The molecule has 0 radical (unpaired) electrons. The lowest BCUT2D eigenvalue weighted by atomic mass is 10.1. The van der Waals surface area contributed by atoms with Gasteiger partial charge in [-0.15, -0.1) is 0 Å². The van der Waals surface area contributed by atoms with Crippen molar-refractivity contribution in [1.82, 2.24) is 15.1 Å². The molecule has 1 fully saturated rings. The molecule has 2 heterocycles. The van der Waals surface area contributed by atoms with Gasteiger partial charge >= 0.3 is 0 Å². The van der Waals surface area contributed by atoms with E-state index in [1.54, 1.807) is 0 Å². The molecule has 1 aromatic carbocycles. The van der Waals surface area contributed by atoms with E-state index in [0.717, 1.165) is 50.9 Å². The molecular formula is C21H32N4OS. The average molecular weight is 389 g/mol. The Morgan fingerprint density at radius 1 is 1.22 bits per heavy atom. The first-order valence-electron chi connectivity index (χ1n) is 10.0. The van der Waals surface area contributed by atoms with Crippen molar-refractivity contribution in [3.63, 3.8) is 0 Å². The number of rotatable bonds is 5. The quantitative estimate of drug-likeness (QED) is 0.478. The molecular weight excluding hydrogens is 356 g/mol. The summed E-state index contributed by atoms with van der Waals surface area (Å²) in [5, 5.41) is 3.42. The molecule has 0 bridgehead atoms. The van der Waals surface area contributed by atoms with Crippen molar-refractivity contribution in [2.24, 2.45) is 4.99 Å². The number of guanidine groups is 1. The van der Waals surface area contributed by atoms with E-state index < -0.39 is 0 Å². The Morgan fingerprint density at radius 3 is 2.56 bits per heavy atom. The highest BCUT2D eigenvalue weighted by molar-refractivity contribution is 8.00. The first-order valence-corrected chi connectivity index (χ1v) is 11.0. The summed E-state index contributed by atoms with van der Waals surface area (Å²) in [7, 11) is 0. The summed E-state index contributed by atoms with van der Waals surface area (Å²) in [6.07, 6.45) is 1.37. The normalized spacial score (nSPS) is 19.1. The number of hydrogen-bond acceptors (Lipinski definition) is 3. The summed E-state index contributed by atoms with van der Waals surface area (Å²) >= 11 is 2.03. The minimum atomic E-state index is 0.238. The third kappa shape index (κ3) is 5.41. The number of benzene rings is 1. The summed E-state index contributed by atoms with van der Waals surface area (Å²) in [4.78, 5) is 21.6. The molecule has 3 rings (SSSR count). The minimum absolute atomic E-state index is 0.238. The lowest BCUT2D eigenvalue weighted by Gasteiger charge is -2.39. The van der Waals surface area contributed by atoms with Crippen molar-refractivity contribution in [2.75, 3.05) is 31.9 Å². The van der Waals surface area contributed by atoms with E-state index in [1.807, 2.05) is 28.8 Å². The molecule has 1 amide bonds. The molecule has 0 saturated carbocycles. The molecule has 5 nitrogen and oxygen atoms in total. The Labute approximate surface area is 167 Å². The van der Waals surface area contributed by atoms with Crippen molar-refractivity contribution >= 4 is 23.6 Å². The molecule has 2 aliphatic heterocycles. The zero-order valence-corrected chi connectivity index (χ0v) is 17.6. The van der Waals surface area contributed by atoms with Crippen LogP contribution in [-0.2, 0) is 17.9 Å². The number of carbonyl (C=O) groups excluding carboxylic acids is 1. The molecule has 1 aromatic rings. The largest absolute Gasteiger partial charge is 0.357 e. The van der Waals surface area contributed by atoms with E-state index in [1.165, 1.54) is 11.1 Å². The molecule has 1 saturated heterocycles. The summed E-state index contributed by atoms with van der Waals surface area (Å²) in [5.74, 6) is 2.36. The Hall–Kier alpha value is -1.69. The van der Waals surface area contributed by atoms with Gasteiger partial charge in [-0.05, 0) is 38.3 Å². The summed E-state index contributed by atoms with van der Waals surface area (Å²) in [6, 6.07) is 8.33. The van der Waals surface area contributed by atoms with Crippen molar-refractivity contribution < 1.29 is 4.79 Å². The maximum Gasteiger partial charge on any atom is 0.223 e. The molecule has 27 heavy (non-hydrogen) atoms. The maximum absolute atomic E-state index is 12.5. The highest BCUT2D eigenvalue weighted by atomic mass is 32.2. The number of nitrogens with one attached hydrogen (secondary N) is 1. The molecule has 0 aliphatic carbocycles. The van der Waals surface area contributed by atoms with Gasteiger partial charge in [0.05, 0.1) is 0 Å².